The van der Waals surface area contributed by atoms with Gasteiger partial charge in [-0.2, -0.15) is 5.26 Å². The molecule has 8 nitrogen and oxygen atoms in total. The van der Waals surface area contributed by atoms with Gasteiger partial charge in [-0.15, -0.1) is 5.10 Å². The largest absolute Gasteiger partial charge is 0.465 e. The quantitative estimate of drug-likeness (QED) is 0.672. The van der Waals surface area contributed by atoms with Gasteiger partial charge in [-0.1, -0.05) is 11.3 Å². The van der Waals surface area contributed by atoms with E-state index in [0.717, 1.165) is 16.6 Å². The second-order valence-electron chi connectivity index (χ2n) is 5.39. The second-order valence-corrected chi connectivity index (χ2v) is 5.39. The molecule has 0 aliphatic heterocycles. The number of benzene rings is 1. The zero-order valence-corrected chi connectivity index (χ0v) is 12.9. The first-order valence-electron chi connectivity index (χ1n) is 7.50. The van der Waals surface area contributed by atoms with Gasteiger partial charge < -0.3 is 15.0 Å². The van der Waals surface area contributed by atoms with Crippen LogP contribution in [0.5, 0.6) is 0 Å². The number of hydrogen-bond donors (Lipinski definition) is 2. The fraction of sp³-hybridized carbons (Fsp3) is 0.250. The van der Waals surface area contributed by atoms with Gasteiger partial charge in [0.25, 0.3) is 0 Å². The van der Waals surface area contributed by atoms with E-state index in [0.29, 0.717) is 31.6 Å². The molecule has 0 spiro atoms. The number of nitrogens with one attached hydrogen (secondary N) is 1. The van der Waals surface area contributed by atoms with Crippen molar-refractivity contribution in [3.63, 3.8) is 0 Å². The van der Waals surface area contributed by atoms with Crippen LogP contribution in [0.1, 0.15) is 17.7 Å². The summed E-state index contributed by atoms with van der Waals surface area (Å²) in [4.78, 5) is 10.4. The van der Waals surface area contributed by atoms with Gasteiger partial charge in [0.15, 0.2) is 0 Å². The van der Waals surface area contributed by atoms with Crippen LogP contribution in [0, 0.1) is 11.3 Å². The first kappa shape index (κ1) is 15.6. The minimum Gasteiger partial charge on any atom is -0.465 e. The zero-order chi connectivity index (χ0) is 16.9. The Kier molecular flexibility index (Phi) is 4.43. The first-order valence-corrected chi connectivity index (χ1v) is 7.50. The number of hydrogen-bond acceptors (Lipinski definition) is 4. The summed E-state index contributed by atoms with van der Waals surface area (Å²) in [6, 6.07) is 9.73. The van der Waals surface area contributed by atoms with Crippen LogP contribution < -0.4 is 5.32 Å². The van der Waals surface area contributed by atoms with Gasteiger partial charge in [-0.3, -0.25) is 4.68 Å². The molecule has 1 amide bonds. The van der Waals surface area contributed by atoms with Crippen LogP contribution in [0.2, 0.25) is 0 Å². The molecule has 0 saturated heterocycles. The Morgan fingerprint density at radius 2 is 2.25 bits per heavy atom. The molecule has 0 radical (unpaired) electrons. The smallest absolute Gasteiger partial charge is 0.404 e. The fourth-order valence-electron chi connectivity index (χ4n) is 2.52. The summed E-state index contributed by atoms with van der Waals surface area (Å²) in [6.07, 6.45) is 3.43. The topological polar surface area (TPSA) is 109 Å². The minimum atomic E-state index is -1.02. The van der Waals surface area contributed by atoms with E-state index in [1.54, 1.807) is 10.7 Å². The maximum absolute atomic E-state index is 10.4. The van der Waals surface area contributed by atoms with Gasteiger partial charge in [0.1, 0.15) is 5.69 Å². The maximum Gasteiger partial charge on any atom is 0.404 e. The molecule has 2 heterocycles. The third-order valence-electron chi connectivity index (χ3n) is 3.66. The molecule has 0 saturated carbocycles. The molecule has 122 valence electrons. The molecule has 0 unspecified atom stereocenters. The van der Waals surface area contributed by atoms with E-state index in [2.05, 4.69) is 21.7 Å². The molecule has 0 atom stereocenters. The predicted molar refractivity (Wildman–Crippen MR) is 86.4 cm³/mol. The van der Waals surface area contributed by atoms with Crippen molar-refractivity contribution in [1.29, 1.82) is 5.26 Å². The van der Waals surface area contributed by atoms with Gasteiger partial charge in [0.2, 0.25) is 0 Å². The molecule has 2 N–H and O–H groups in total. The Morgan fingerprint density at radius 3 is 3.04 bits per heavy atom. The molecule has 8 heteroatoms. The Morgan fingerprint density at radius 1 is 1.38 bits per heavy atom. The molecule has 1 aromatic carbocycles. The van der Waals surface area contributed by atoms with Gasteiger partial charge in [0, 0.05) is 24.8 Å². The number of amides is 1. The second kappa shape index (κ2) is 6.83. The number of aryl methyl sites for hydroxylation is 1. The molecule has 24 heavy (non-hydrogen) atoms. The normalized spacial score (nSPS) is 10.6. The van der Waals surface area contributed by atoms with E-state index >= 15 is 0 Å². The van der Waals surface area contributed by atoms with Crippen molar-refractivity contribution < 1.29 is 9.90 Å². The van der Waals surface area contributed by atoms with Crippen LogP contribution in [-0.2, 0) is 13.1 Å². The number of carboxylic acid groups (broad SMARTS) is 1. The van der Waals surface area contributed by atoms with E-state index < -0.39 is 6.09 Å². The number of fused-ring (bicyclic) bond motifs is 1. The van der Waals surface area contributed by atoms with E-state index in [4.69, 9.17) is 10.4 Å². The molecule has 0 fully saturated rings. The number of nitrogens with zero attached hydrogens (tertiary/aromatic N) is 5. The Hall–Kier alpha value is -3.34. The lowest BCUT2D eigenvalue weighted by atomic mass is 10.2. The summed E-state index contributed by atoms with van der Waals surface area (Å²) in [6.45, 7) is 1.54. The summed E-state index contributed by atoms with van der Waals surface area (Å²) in [7, 11) is 0. The number of nitriles is 1. The molecular formula is C16H16N6O2. The van der Waals surface area contributed by atoms with Crippen molar-refractivity contribution in [3.05, 3.63) is 47.9 Å². The van der Waals surface area contributed by atoms with E-state index in [1.807, 2.05) is 35.2 Å². The number of carbonyl (C=O) groups is 1. The van der Waals surface area contributed by atoms with E-state index in [9.17, 15) is 4.79 Å². The molecule has 3 aromatic rings. The van der Waals surface area contributed by atoms with Crippen LogP contribution in [0.3, 0.4) is 0 Å². The maximum atomic E-state index is 10.4. The highest BCUT2D eigenvalue weighted by Crippen LogP contribution is 2.18. The Bertz CT molecular complexity index is 905. The van der Waals surface area contributed by atoms with Gasteiger partial charge in [-0.25, -0.2) is 4.79 Å². The summed E-state index contributed by atoms with van der Waals surface area (Å²) in [5, 5.41) is 29.1. The molecule has 0 aliphatic carbocycles. The summed E-state index contributed by atoms with van der Waals surface area (Å²) < 4.78 is 3.72. The van der Waals surface area contributed by atoms with Gasteiger partial charge >= 0.3 is 6.09 Å². The summed E-state index contributed by atoms with van der Waals surface area (Å²) in [5.41, 5.74) is 2.41. The molecule has 0 aliphatic rings. The van der Waals surface area contributed by atoms with Crippen LogP contribution in [0.15, 0.2) is 36.7 Å². The molecular weight excluding hydrogens is 308 g/mol. The van der Waals surface area contributed by atoms with Gasteiger partial charge in [0.05, 0.1) is 24.4 Å². The lowest BCUT2D eigenvalue weighted by Gasteiger charge is -2.03. The SMILES string of the molecule is N#Cc1ccc2ccn(Cc3cn(CCCNC(=O)O)nn3)c2c1. The van der Waals surface area contributed by atoms with Crippen molar-refractivity contribution in [1.82, 2.24) is 24.9 Å². The monoisotopic (exact) mass is 324 g/mol. The van der Waals surface area contributed by atoms with Crippen LogP contribution >= 0.6 is 0 Å². The van der Waals surface area contributed by atoms with Crippen molar-refractivity contribution in [3.8, 4) is 6.07 Å². The van der Waals surface area contributed by atoms with Gasteiger partial charge in [-0.05, 0) is 30.0 Å². The molecule has 2 aromatic heterocycles. The third kappa shape index (κ3) is 3.52. The highest BCUT2D eigenvalue weighted by Gasteiger charge is 2.06. The number of rotatable bonds is 6. The zero-order valence-electron chi connectivity index (χ0n) is 12.9. The van der Waals surface area contributed by atoms with Crippen LogP contribution in [0.25, 0.3) is 10.9 Å². The third-order valence-corrected chi connectivity index (χ3v) is 3.66. The molecule has 0 bridgehead atoms. The average molecular weight is 324 g/mol. The Balaban J connectivity index is 1.66. The van der Waals surface area contributed by atoms with Crippen molar-refractivity contribution in [2.24, 2.45) is 0 Å². The minimum absolute atomic E-state index is 0.379. The van der Waals surface area contributed by atoms with Crippen molar-refractivity contribution in [2.45, 2.75) is 19.5 Å². The summed E-state index contributed by atoms with van der Waals surface area (Å²) in [5.74, 6) is 0. The lowest BCUT2D eigenvalue weighted by Crippen LogP contribution is -2.22. The summed E-state index contributed by atoms with van der Waals surface area (Å²) >= 11 is 0. The first-order chi connectivity index (χ1) is 11.7. The lowest BCUT2D eigenvalue weighted by molar-refractivity contribution is 0.194. The van der Waals surface area contributed by atoms with Crippen molar-refractivity contribution >= 4 is 17.0 Å². The fourth-order valence-corrected chi connectivity index (χ4v) is 2.52. The average Bonchev–Trinajstić information content (AvgIpc) is 3.18. The van der Waals surface area contributed by atoms with Crippen LogP contribution in [0.4, 0.5) is 4.79 Å². The molecule has 3 rings (SSSR count). The van der Waals surface area contributed by atoms with E-state index in [-0.39, 0.29) is 0 Å². The predicted octanol–water partition coefficient (Wildman–Crippen LogP) is 1.81. The highest BCUT2D eigenvalue weighted by atomic mass is 16.4. The van der Waals surface area contributed by atoms with Crippen molar-refractivity contribution in [2.75, 3.05) is 6.54 Å². The Labute approximate surface area is 137 Å². The van der Waals surface area contributed by atoms with E-state index in [1.165, 1.54) is 0 Å². The van der Waals surface area contributed by atoms with Crippen LogP contribution in [-0.4, -0.2) is 37.3 Å². The standard InChI is InChI=1S/C16H16N6O2/c17-9-12-2-3-13-4-7-21(15(13)8-12)10-14-11-22(20-19-14)6-1-5-18-16(23)24/h2-4,7-8,11,18H,1,5-6,10H2,(H,23,24). The number of aromatic nitrogens is 4. The highest BCUT2D eigenvalue weighted by molar-refractivity contribution is 5.81.